The summed E-state index contributed by atoms with van der Waals surface area (Å²) in [7, 11) is 0. The predicted octanol–water partition coefficient (Wildman–Crippen LogP) is 4.87. The molecule has 0 bridgehead atoms. The first-order valence-electron chi connectivity index (χ1n) is 10.4. The number of pyridine rings is 1. The van der Waals surface area contributed by atoms with E-state index in [1.807, 2.05) is 4.57 Å². The molecule has 4 rings (SSSR count). The van der Waals surface area contributed by atoms with Crippen LogP contribution >= 0.6 is 0 Å². The molecule has 1 aliphatic heterocycles. The fourth-order valence-electron chi connectivity index (χ4n) is 3.93. The number of anilines is 1. The summed E-state index contributed by atoms with van der Waals surface area (Å²) in [5, 5.41) is 11.1. The largest absolute Gasteiger partial charge is 0.433 e. The lowest BCUT2D eigenvalue weighted by Crippen LogP contribution is -2.36. The van der Waals surface area contributed by atoms with Gasteiger partial charge in [-0.05, 0) is 56.5 Å². The first-order chi connectivity index (χ1) is 15.6. The number of rotatable bonds is 4. The van der Waals surface area contributed by atoms with Crippen molar-refractivity contribution in [1.82, 2.24) is 24.6 Å². The standard InChI is InChI=1S/C22H22F4N6O/c1-13-17(9-10-19(27-13)22(24,25)26)28-21(33)31-11-3-4-18(31)20-30-29-14(2)32(20)12-15-5-7-16(23)8-6-15/h5-10,18H,3-4,11-12H2,1-2H3,(H,28,33)/t18-/m1/s1. The molecule has 0 spiro atoms. The maximum absolute atomic E-state index is 13.3. The number of alkyl halides is 3. The average Bonchev–Trinajstić information content (AvgIpc) is 3.37. The second-order valence-corrected chi connectivity index (χ2v) is 7.93. The minimum absolute atomic E-state index is 0.0734. The van der Waals surface area contributed by atoms with Crippen LogP contribution in [0.3, 0.4) is 0 Å². The van der Waals surface area contributed by atoms with Gasteiger partial charge in [0, 0.05) is 6.54 Å². The summed E-state index contributed by atoms with van der Waals surface area (Å²) < 4.78 is 53.8. The van der Waals surface area contributed by atoms with Gasteiger partial charge in [-0.15, -0.1) is 10.2 Å². The number of nitrogens with zero attached hydrogens (tertiary/aromatic N) is 5. The maximum Gasteiger partial charge on any atom is 0.433 e. The summed E-state index contributed by atoms with van der Waals surface area (Å²) in [6.07, 6.45) is -3.15. The van der Waals surface area contributed by atoms with Gasteiger partial charge in [0.1, 0.15) is 17.3 Å². The molecule has 1 saturated heterocycles. The minimum Gasteiger partial charge on any atom is -0.314 e. The van der Waals surface area contributed by atoms with Crippen LogP contribution in [0.1, 0.15) is 47.5 Å². The topological polar surface area (TPSA) is 75.9 Å². The number of halogens is 4. The van der Waals surface area contributed by atoms with Crippen molar-refractivity contribution < 1.29 is 22.4 Å². The Morgan fingerprint density at radius 2 is 1.85 bits per heavy atom. The van der Waals surface area contributed by atoms with Crippen LogP contribution in [-0.4, -0.2) is 37.2 Å². The van der Waals surface area contributed by atoms with Gasteiger partial charge in [0.15, 0.2) is 5.82 Å². The molecule has 3 heterocycles. The van der Waals surface area contributed by atoms with Crippen LogP contribution in [0.5, 0.6) is 0 Å². The van der Waals surface area contributed by atoms with Crippen LogP contribution in [0.2, 0.25) is 0 Å². The number of likely N-dealkylation sites (tertiary alicyclic amines) is 1. The van der Waals surface area contributed by atoms with Crippen LogP contribution in [0, 0.1) is 19.7 Å². The normalized spacial score (nSPS) is 16.3. The van der Waals surface area contributed by atoms with Crippen LogP contribution in [0.15, 0.2) is 36.4 Å². The molecule has 0 saturated carbocycles. The zero-order valence-corrected chi connectivity index (χ0v) is 18.0. The van der Waals surface area contributed by atoms with E-state index in [-0.39, 0.29) is 23.2 Å². The molecular formula is C22H22F4N6O. The van der Waals surface area contributed by atoms with Gasteiger partial charge in [0.2, 0.25) is 0 Å². The highest BCUT2D eigenvalue weighted by Gasteiger charge is 2.35. The monoisotopic (exact) mass is 462 g/mol. The van der Waals surface area contributed by atoms with E-state index in [1.54, 1.807) is 24.0 Å². The molecule has 1 fully saturated rings. The van der Waals surface area contributed by atoms with Gasteiger partial charge in [0.05, 0.1) is 24.0 Å². The Morgan fingerprint density at radius 3 is 2.52 bits per heavy atom. The molecule has 3 aromatic rings. The van der Waals surface area contributed by atoms with Crippen molar-refractivity contribution in [3.8, 4) is 0 Å². The van der Waals surface area contributed by atoms with Gasteiger partial charge >= 0.3 is 12.2 Å². The van der Waals surface area contributed by atoms with Crippen molar-refractivity contribution in [3.05, 3.63) is 70.8 Å². The van der Waals surface area contributed by atoms with Crippen LogP contribution in [0.4, 0.5) is 28.0 Å². The van der Waals surface area contributed by atoms with Gasteiger partial charge in [0.25, 0.3) is 0 Å². The SMILES string of the molecule is Cc1nc(C(F)(F)F)ccc1NC(=O)N1CCC[C@@H]1c1nnc(C)n1Cc1ccc(F)cc1. The Morgan fingerprint density at radius 1 is 1.12 bits per heavy atom. The highest BCUT2D eigenvalue weighted by Crippen LogP contribution is 2.33. The molecule has 0 unspecified atom stereocenters. The number of carbonyl (C=O) groups excluding carboxylic acids is 1. The Bertz CT molecular complexity index is 1160. The smallest absolute Gasteiger partial charge is 0.314 e. The summed E-state index contributed by atoms with van der Waals surface area (Å²) in [4.78, 5) is 18.2. The number of aryl methyl sites for hydroxylation is 2. The van der Waals surface area contributed by atoms with Gasteiger partial charge in [-0.2, -0.15) is 13.2 Å². The Balaban J connectivity index is 1.54. The molecule has 0 radical (unpaired) electrons. The zero-order chi connectivity index (χ0) is 23.8. The molecule has 1 aromatic carbocycles. The molecule has 2 aromatic heterocycles. The molecular weight excluding hydrogens is 440 g/mol. The highest BCUT2D eigenvalue weighted by atomic mass is 19.4. The number of carbonyl (C=O) groups is 1. The number of benzene rings is 1. The van der Waals surface area contributed by atoms with Crippen molar-refractivity contribution in [2.45, 2.75) is 45.5 Å². The third kappa shape index (κ3) is 4.81. The first kappa shape index (κ1) is 22.7. The van der Waals surface area contributed by atoms with E-state index in [4.69, 9.17) is 0 Å². The molecule has 7 nitrogen and oxygen atoms in total. The van der Waals surface area contributed by atoms with Crippen molar-refractivity contribution >= 4 is 11.7 Å². The molecule has 1 atom stereocenters. The Hall–Kier alpha value is -3.50. The fraction of sp³-hybridized carbons (Fsp3) is 0.364. The third-order valence-corrected chi connectivity index (χ3v) is 5.65. The molecule has 11 heteroatoms. The predicted molar refractivity (Wildman–Crippen MR) is 112 cm³/mol. The second kappa shape index (κ2) is 8.80. The number of urea groups is 1. The van der Waals surface area contributed by atoms with Gasteiger partial charge in [-0.1, -0.05) is 12.1 Å². The quantitative estimate of drug-likeness (QED) is 0.562. The fourth-order valence-corrected chi connectivity index (χ4v) is 3.93. The van der Waals surface area contributed by atoms with E-state index in [9.17, 15) is 22.4 Å². The van der Waals surface area contributed by atoms with Crippen molar-refractivity contribution in [1.29, 1.82) is 0 Å². The van der Waals surface area contributed by atoms with E-state index in [1.165, 1.54) is 25.1 Å². The first-order valence-corrected chi connectivity index (χ1v) is 10.4. The minimum atomic E-state index is -4.56. The summed E-state index contributed by atoms with van der Waals surface area (Å²) in [5.74, 6) is 0.933. The lowest BCUT2D eigenvalue weighted by molar-refractivity contribution is -0.141. The van der Waals surface area contributed by atoms with E-state index in [0.717, 1.165) is 18.1 Å². The number of hydrogen-bond donors (Lipinski definition) is 1. The summed E-state index contributed by atoms with van der Waals surface area (Å²) >= 11 is 0. The molecule has 1 N–H and O–H groups in total. The van der Waals surface area contributed by atoms with E-state index in [0.29, 0.717) is 31.2 Å². The summed E-state index contributed by atoms with van der Waals surface area (Å²) in [6, 6.07) is 7.36. The Labute approximate surface area is 187 Å². The van der Waals surface area contributed by atoms with Gasteiger partial charge in [-0.3, -0.25) is 0 Å². The zero-order valence-electron chi connectivity index (χ0n) is 18.0. The number of amides is 2. The van der Waals surface area contributed by atoms with Crippen molar-refractivity contribution in [3.63, 3.8) is 0 Å². The van der Waals surface area contributed by atoms with E-state index in [2.05, 4.69) is 20.5 Å². The van der Waals surface area contributed by atoms with Crippen molar-refractivity contribution in [2.75, 3.05) is 11.9 Å². The lowest BCUT2D eigenvalue weighted by Gasteiger charge is -2.25. The molecule has 0 aliphatic carbocycles. The third-order valence-electron chi connectivity index (χ3n) is 5.65. The van der Waals surface area contributed by atoms with Gasteiger partial charge in [-0.25, -0.2) is 14.2 Å². The number of hydrogen-bond acceptors (Lipinski definition) is 4. The lowest BCUT2D eigenvalue weighted by atomic mass is 10.2. The number of aromatic nitrogens is 4. The second-order valence-electron chi connectivity index (χ2n) is 7.93. The van der Waals surface area contributed by atoms with Gasteiger partial charge < -0.3 is 14.8 Å². The number of nitrogens with one attached hydrogen (secondary N) is 1. The molecule has 174 valence electrons. The summed E-state index contributed by atoms with van der Waals surface area (Å²) in [5.41, 5.74) is 0.134. The highest BCUT2D eigenvalue weighted by molar-refractivity contribution is 5.90. The molecule has 1 aliphatic rings. The average molecular weight is 462 g/mol. The maximum atomic E-state index is 13.3. The van der Waals surface area contributed by atoms with Crippen LogP contribution < -0.4 is 5.32 Å². The van der Waals surface area contributed by atoms with E-state index >= 15 is 0 Å². The van der Waals surface area contributed by atoms with Crippen LogP contribution in [0.25, 0.3) is 0 Å². The molecule has 33 heavy (non-hydrogen) atoms. The summed E-state index contributed by atoms with van der Waals surface area (Å²) in [6.45, 7) is 4.10. The van der Waals surface area contributed by atoms with Crippen LogP contribution in [-0.2, 0) is 12.7 Å². The Kier molecular flexibility index (Phi) is 6.05. The molecule has 2 amide bonds. The van der Waals surface area contributed by atoms with Crippen molar-refractivity contribution in [2.24, 2.45) is 0 Å². The van der Waals surface area contributed by atoms with E-state index < -0.39 is 17.9 Å².